The normalized spacial score (nSPS) is 11.8. The molecular formula is C46H30N2. The molecule has 0 spiro atoms. The van der Waals surface area contributed by atoms with Crippen LogP contribution in [0.1, 0.15) is 0 Å². The molecule has 0 saturated carbocycles. The average Bonchev–Trinajstić information content (AvgIpc) is 3.49. The van der Waals surface area contributed by atoms with Crippen LogP contribution in [0.15, 0.2) is 182 Å². The summed E-state index contributed by atoms with van der Waals surface area (Å²) in [7, 11) is 0. The summed E-state index contributed by atoms with van der Waals surface area (Å²) in [6.45, 7) is 0. The van der Waals surface area contributed by atoms with Crippen LogP contribution in [-0.2, 0) is 0 Å². The van der Waals surface area contributed by atoms with Gasteiger partial charge in [-0.05, 0) is 86.2 Å². The Hall–Kier alpha value is -6.38. The topological polar surface area (TPSA) is 8.17 Å². The Labute approximate surface area is 278 Å². The van der Waals surface area contributed by atoms with Crippen molar-refractivity contribution in [1.29, 1.82) is 0 Å². The van der Waals surface area contributed by atoms with Crippen LogP contribution in [0.4, 0.5) is 17.1 Å². The van der Waals surface area contributed by atoms with E-state index in [-0.39, 0.29) is 0 Å². The zero-order valence-corrected chi connectivity index (χ0v) is 26.2. The Kier molecular flexibility index (Phi) is 5.91. The molecule has 0 aliphatic carbocycles. The number of rotatable bonds is 4. The van der Waals surface area contributed by atoms with Crippen molar-refractivity contribution in [3.05, 3.63) is 182 Å². The van der Waals surface area contributed by atoms with Gasteiger partial charge in [0, 0.05) is 33.2 Å². The number of nitrogens with zero attached hydrogens (tertiary/aromatic N) is 2. The van der Waals surface area contributed by atoms with Crippen LogP contribution < -0.4 is 4.90 Å². The second kappa shape index (κ2) is 10.6. The third kappa shape index (κ3) is 4.06. The SMILES string of the molecule is c1ccc(-n2c3ccccc3c3ccc(N(c4ccc5ccc6c7ccccc7ccc6c5c4)c4cccc5ccccc45)cc32)cc1. The zero-order valence-electron chi connectivity index (χ0n) is 26.2. The largest absolute Gasteiger partial charge is 0.310 e. The number of benzene rings is 9. The molecule has 0 aliphatic heterocycles. The molecule has 0 fully saturated rings. The van der Waals surface area contributed by atoms with Crippen LogP contribution in [0.25, 0.3) is 70.6 Å². The van der Waals surface area contributed by atoms with Crippen LogP contribution >= 0.6 is 0 Å². The van der Waals surface area contributed by atoms with E-state index in [1.807, 2.05) is 0 Å². The molecule has 48 heavy (non-hydrogen) atoms. The average molecular weight is 611 g/mol. The van der Waals surface area contributed by atoms with E-state index < -0.39 is 0 Å². The first-order valence-electron chi connectivity index (χ1n) is 16.5. The van der Waals surface area contributed by atoms with Crippen LogP contribution in [0.2, 0.25) is 0 Å². The van der Waals surface area contributed by atoms with Crippen LogP contribution in [0, 0.1) is 0 Å². The van der Waals surface area contributed by atoms with Crippen LogP contribution in [0.3, 0.4) is 0 Å². The fourth-order valence-electron chi connectivity index (χ4n) is 7.73. The highest BCUT2D eigenvalue weighted by molar-refractivity contribution is 6.18. The Morgan fingerprint density at radius 1 is 0.312 bits per heavy atom. The van der Waals surface area contributed by atoms with Crippen molar-refractivity contribution in [2.75, 3.05) is 4.90 Å². The van der Waals surface area contributed by atoms with Gasteiger partial charge in [0.25, 0.3) is 0 Å². The predicted octanol–water partition coefficient (Wildman–Crippen LogP) is 12.9. The molecule has 0 saturated heterocycles. The van der Waals surface area contributed by atoms with Crippen molar-refractivity contribution < 1.29 is 0 Å². The molecule has 0 radical (unpaired) electrons. The summed E-state index contributed by atoms with van der Waals surface area (Å²) in [5.74, 6) is 0. The van der Waals surface area contributed by atoms with Crippen molar-refractivity contribution in [3.8, 4) is 5.69 Å². The Balaban J connectivity index is 1.27. The Morgan fingerprint density at radius 2 is 0.854 bits per heavy atom. The molecule has 1 heterocycles. The molecule has 1 aromatic heterocycles. The van der Waals surface area contributed by atoms with E-state index in [0.717, 1.165) is 22.7 Å². The van der Waals surface area contributed by atoms with E-state index in [0.29, 0.717) is 0 Å². The second-order valence-corrected chi connectivity index (χ2v) is 12.6. The smallest absolute Gasteiger partial charge is 0.0561 e. The number of hydrogen-bond acceptors (Lipinski definition) is 1. The fraction of sp³-hybridized carbons (Fsp3) is 0. The van der Waals surface area contributed by atoms with Gasteiger partial charge in [0.15, 0.2) is 0 Å². The van der Waals surface area contributed by atoms with Gasteiger partial charge in [-0.25, -0.2) is 0 Å². The molecule has 0 amide bonds. The van der Waals surface area contributed by atoms with E-state index >= 15 is 0 Å². The lowest BCUT2D eigenvalue weighted by atomic mass is 9.96. The van der Waals surface area contributed by atoms with Gasteiger partial charge in [-0.15, -0.1) is 0 Å². The van der Waals surface area contributed by atoms with E-state index in [9.17, 15) is 0 Å². The molecule has 9 aromatic carbocycles. The van der Waals surface area contributed by atoms with E-state index in [2.05, 4.69) is 191 Å². The highest BCUT2D eigenvalue weighted by Crippen LogP contribution is 2.43. The number of para-hydroxylation sites is 2. The van der Waals surface area contributed by atoms with Crippen LogP contribution in [0.5, 0.6) is 0 Å². The van der Waals surface area contributed by atoms with Crippen molar-refractivity contribution in [1.82, 2.24) is 4.57 Å². The summed E-state index contributed by atoms with van der Waals surface area (Å²) in [6, 6.07) is 66.4. The molecule has 0 bridgehead atoms. The molecular weight excluding hydrogens is 581 g/mol. The zero-order chi connectivity index (χ0) is 31.6. The fourth-order valence-corrected chi connectivity index (χ4v) is 7.73. The minimum atomic E-state index is 1.11. The number of fused-ring (bicyclic) bond motifs is 9. The summed E-state index contributed by atoms with van der Waals surface area (Å²) >= 11 is 0. The van der Waals surface area contributed by atoms with Crippen molar-refractivity contribution >= 4 is 82.0 Å². The number of anilines is 3. The maximum atomic E-state index is 2.44. The van der Waals surface area contributed by atoms with Crippen molar-refractivity contribution in [2.24, 2.45) is 0 Å². The lowest BCUT2D eigenvalue weighted by Crippen LogP contribution is -2.10. The number of aromatic nitrogens is 1. The van der Waals surface area contributed by atoms with Gasteiger partial charge >= 0.3 is 0 Å². The third-order valence-electron chi connectivity index (χ3n) is 9.92. The predicted molar refractivity (Wildman–Crippen MR) is 205 cm³/mol. The quantitative estimate of drug-likeness (QED) is 0.180. The van der Waals surface area contributed by atoms with Gasteiger partial charge < -0.3 is 9.47 Å². The molecule has 2 nitrogen and oxygen atoms in total. The van der Waals surface area contributed by atoms with Gasteiger partial charge in [-0.2, -0.15) is 0 Å². The molecule has 0 N–H and O–H groups in total. The summed E-state index contributed by atoms with van der Waals surface area (Å²) in [5, 5.41) is 12.5. The standard InChI is InChI=1S/C46H30N2/c1-2-14-34(15-3-1)48-45-19-9-8-18-41(45)42-28-25-36(30-46(42)48)47(44-20-10-13-31-11-5-7-17-38(31)44)35-24-21-33-23-26-39-37-16-6-4-12-32(37)22-27-40(39)43(33)29-35/h1-30H. The molecule has 0 atom stereocenters. The first-order valence-corrected chi connectivity index (χ1v) is 16.5. The minimum Gasteiger partial charge on any atom is -0.310 e. The highest BCUT2D eigenvalue weighted by Gasteiger charge is 2.19. The van der Waals surface area contributed by atoms with E-state index in [1.54, 1.807) is 0 Å². The summed E-state index contributed by atoms with van der Waals surface area (Å²) in [6.07, 6.45) is 0. The minimum absolute atomic E-state index is 1.11. The first kappa shape index (κ1) is 26.8. The molecule has 10 rings (SSSR count). The summed E-state index contributed by atoms with van der Waals surface area (Å²) < 4.78 is 2.40. The molecule has 0 unspecified atom stereocenters. The number of hydrogen-bond donors (Lipinski definition) is 0. The van der Waals surface area contributed by atoms with Gasteiger partial charge in [0.2, 0.25) is 0 Å². The highest BCUT2D eigenvalue weighted by atomic mass is 15.1. The van der Waals surface area contributed by atoms with Gasteiger partial charge in [0.05, 0.1) is 16.7 Å². The van der Waals surface area contributed by atoms with Gasteiger partial charge in [-0.3, -0.25) is 0 Å². The lowest BCUT2D eigenvalue weighted by Gasteiger charge is -2.27. The molecule has 2 heteroatoms. The Bertz CT molecular complexity index is 2840. The van der Waals surface area contributed by atoms with E-state index in [1.165, 1.54) is 64.9 Å². The Morgan fingerprint density at radius 3 is 1.69 bits per heavy atom. The van der Waals surface area contributed by atoms with Crippen molar-refractivity contribution in [3.63, 3.8) is 0 Å². The third-order valence-corrected chi connectivity index (χ3v) is 9.92. The maximum absolute atomic E-state index is 2.44. The van der Waals surface area contributed by atoms with Gasteiger partial charge in [-0.1, -0.05) is 133 Å². The van der Waals surface area contributed by atoms with Crippen molar-refractivity contribution in [2.45, 2.75) is 0 Å². The summed E-state index contributed by atoms with van der Waals surface area (Å²) in [5.41, 5.74) is 6.94. The molecule has 224 valence electrons. The second-order valence-electron chi connectivity index (χ2n) is 12.6. The molecule has 10 aromatic rings. The van der Waals surface area contributed by atoms with Gasteiger partial charge in [0.1, 0.15) is 0 Å². The van der Waals surface area contributed by atoms with E-state index in [4.69, 9.17) is 0 Å². The first-order chi connectivity index (χ1) is 23.8. The van der Waals surface area contributed by atoms with Crippen LogP contribution in [-0.4, -0.2) is 4.57 Å². The lowest BCUT2D eigenvalue weighted by molar-refractivity contribution is 1.18. The maximum Gasteiger partial charge on any atom is 0.0561 e. The summed E-state index contributed by atoms with van der Waals surface area (Å²) in [4.78, 5) is 2.44. The molecule has 0 aliphatic rings. The monoisotopic (exact) mass is 610 g/mol.